The van der Waals surface area contributed by atoms with E-state index in [0.29, 0.717) is 27.9 Å². The van der Waals surface area contributed by atoms with Crippen LogP contribution in [0, 0.1) is 6.92 Å². The van der Waals surface area contributed by atoms with Crippen LogP contribution in [0.1, 0.15) is 12.5 Å². The van der Waals surface area contributed by atoms with Crippen LogP contribution >= 0.6 is 12.4 Å². The number of hydrogen-bond donors (Lipinski definition) is 2. The number of methoxy groups -OCH3 is 1. The summed E-state index contributed by atoms with van der Waals surface area (Å²) < 4.78 is 29.9. The molecule has 0 radical (unpaired) electrons. The maximum Gasteiger partial charge on any atom is 0.229 e. The average Bonchev–Trinajstić information content (AvgIpc) is 2.80. The zero-order valence-corrected chi connectivity index (χ0v) is 20.1. The fourth-order valence-electron chi connectivity index (χ4n) is 3.36. The molecule has 0 bridgehead atoms. The second kappa shape index (κ2) is 10.1. The molecular weight excluding hydrogens is 460 g/mol. The van der Waals surface area contributed by atoms with E-state index in [9.17, 15) is 8.42 Å². The third-order valence-corrected chi connectivity index (χ3v) is 6.86. The van der Waals surface area contributed by atoms with Crippen molar-refractivity contribution in [3.63, 3.8) is 0 Å². The molecule has 0 atom stereocenters. The summed E-state index contributed by atoms with van der Waals surface area (Å²) in [7, 11) is -1.67. The van der Waals surface area contributed by atoms with Crippen molar-refractivity contribution >= 4 is 56.3 Å². The van der Waals surface area contributed by atoms with Gasteiger partial charge in [-0.25, -0.2) is 13.4 Å². The molecule has 0 saturated carbocycles. The number of anilines is 4. The van der Waals surface area contributed by atoms with Crippen LogP contribution in [-0.4, -0.2) is 31.2 Å². The minimum absolute atomic E-state index is 0. The number of hydrogen-bond acceptors (Lipinski definition) is 7. The molecule has 1 heterocycles. The van der Waals surface area contributed by atoms with Crippen molar-refractivity contribution in [3.05, 3.63) is 72.3 Å². The molecule has 0 aliphatic carbocycles. The summed E-state index contributed by atoms with van der Waals surface area (Å²) in [6.07, 6.45) is 0. The molecule has 0 amide bonds. The van der Waals surface area contributed by atoms with E-state index in [1.807, 2.05) is 55.5 Å². The third-order valence-electron chi connectivity index (χ3n) is 5.13. The predicted octanol–water partition coefficient (Wildman–Crippen LogP) is 5.65. The lowest BCUT2D eigenvalue weighted by atomic mass is 10.2. The van der Waals surface area contributed by atoms with Gasteiger partial charge in [0.15, 0.2) is 9.84 Å². The molecule has 9 heteroatoms. The highest BCUT2D eigenvalue weighted by atomic mass is 35.5. The first-order valence-electron chi connectivity index (χ1n) is 10.2. The summed E-state index contributed by atoms with van der Waals surface area (Å²) in [5.41, 5.74) is 3.06. The van der Waals surface area contributed by atoms with E-state index in [-0.39, 0.29) is 18.2 Å². The van der Waals surface area contributed by atoms with Crippen molar-refractivity contribution in [1.82, 2.24) is 9.97 Å². The van der Waals surface area contributed by atoms with Crippen LogP contribution in [0.2, 0.25) is 0 Å². The molecule has 7 nitrogen and oxygen atoms in total. The van der Waals surface area contributed by atoms with Gasteiger partial charge in [-0.2, -0.15) is 4.98 Å². The van der Waals surface area contributed by atoms with Crippen LogP contribution in [-0.2, 0) is 9.84 Å². The van der Waals surface area contributed by atoms with Crippen LogP contribution < -0.4 is 15.4 Å². The van der Waals surface area contributed by atoms with E-state index in [1.165, 1.54) is 0 Å². The van der Waals surface area contributed by atoms with Crippen molar-refractivity contribution in [2.24, 2.45) is 0 Å². The van der Waals surface area contributed by atoms with Crippen molar-refractivity contribution in [2.75, 3.05) is 23.5 Å². The number of sulfone groups is 1. The largest absolute Gasteiger partial charge is 0.494 e. The van der Waals surface area contributed by atoms with Gasteiger partial charge in [0, 0.05) is 16.8 Å². The van der Waals surface area contributed by atoms with Gasteiger partial charge in [-0.1, -0.05) is 31.2 Å². The Hall–Kier alpha value is -3.36. The third kappa shape index (κ3) is 5.18. The van der Waals surface area contributed by atoms with Gasteiger partial charge in [-0.3, -0.25) is 0 Å². The highest BCUT2D eigenvalue weighted by Gasteiger charge is 2.15. The smallest absolute Gasteiger partial charge is 0.229 e. The number of nitrogens with zero attached hydrogens (tertiary/aromatic N) is 2. The number of fused-ring (bicyclic) bond motifs is 1. The maximum atomic E-state index is 12.2. The Bertz CT molecular complexity index is 1380. The lowest BCUT2D eigenvalue weighted by molar-refractivity contribution is 0.419. The molecule has 0 aliphatic rings. The minimum atomic E-state index is -3.27. The topological polar surface area (TPSA) is 93.2 Å². The Balaban J connectivity index is 0.00000306. The van der Waals surface area contributed by atoms with Crippen LogP contribution in [0.4, 0.5) is 23.1 Å². The number of nitrogens with one attached hydrogen (secondary N) is 2. The van der Waals surface area contributed by atoms with Crippen molar-refractivity contribution in [2.45, 2.75) is 18.7 Å². The Labute approximate surface area is 199 Å². The zero-order chi connectivity index (χ0) is 22.7. The van der Waals surface area contributed by atoms with E-state index < -0.39 is 9.84 Å². The molecule has 2 N–H and O–H groups in total. The van der Waals surface area contributed by atoms with Crippen molar-refractivity contribution in [1.29, 1.82) is 0 Å². The predicted molar refractivity (Wildman–Crippen MR) is 135 cm³/mol. The second-order valence-corrected chi connectivity index (χ2v) is 9.53. The number of ether oxygens (including phenoxy) is 1. The lowest BCUT2D eigenvalue weighted by Gasteiger charge is -2.15. The zero-order valence-electron chi connectivity index (χ0n) is 18.5. The van der Waals surface area contributed by atoms with E-state index in [4.69, 9.17) is 4.74 Å². The number of para-hydroxylation sites is 2. The first kappa shape index (κ1) is 24.3. The van der Waals surface area contributed by atoms with E-state index >= 15 is 0 Å². The van der Waals surface area contributed by atoms with Crippen LogP contribution in [0.3, 0.4) is 0 Å². The number of aryl methyl sites for hydroxylation is 1. The molecule has 1 aromatic heterocycles. The lowest BCUT2D eigenvalue weighted by Crippen LogP contribution is -2.06. The second-order valence-electron chi connectivity index (χ2n) is 7.25. The quantitative estimate of drug-likeness (QED) is 0.350. The van der Waals surface area contributed by atoms with Crippen LogP contribution in [0.25, 0.3) is 10.9 Å². The summed E-state index contributed by atoms with van der Waals surface area (Å²) in [5, 5.41) is 7.39. The first-order valence-corrected chi connectivity index (χ1v) is 11.8. The van der Waals surface area contributed by atoms with E-state index in [0.717, 1.165) is 22.3 Å². The average molecular weight is 485 g/mol. The fourth-order valence-corrected chi connectivity index (χ4v) is 4.32. The molecule has 3 aromatic carbocycles. The fraction of sp³-hybridized carbons (Fsp3) is 0.167. The Kier molecular flexibility index (Phi) is 7.40. The van der Waals surface area contributed by atoms with Gasteiger partial charge in [0.05, 0.1) is 17.8 Å². The molecule has 0 fully saturated rings. The van der Waals surface area contributed by atoms with Gasteiger partial charge in [-0.05, 0) is 55.0 Å². The number of benzene rings is 3. The molecule has 0 spiro atoms. The summed E-state index contributed by atoms with van der Waals surface area (Å²) in [4.78, 5) is 9.66. The first-order chi connectivity index (χ1) is 15.4. The molecule has 172 valence electrons. The maximum absolute atomic E-state index is 12.2. The standard InChI is InChI=1S/C24H24N4O3S.ClH/c1-4-32(29,30)18-13-14-20(16(2)15-18)26-24-27-22-19(11-8-12-21(22)31-3)23(28-24)25-17-9-6-5-7-10-17;/h5-15H,4H2,1-3H3,(H2,25,26,27,28);1H. The van der Waals surface area contributed by atoms with Crippen LogP contribution in [0.15, 0.2) is 71.6 Å². The molecular formula is C24H25ClN4O3S. The summed E-state index contributed by atoms with van der Waals surface area (Å²) in [6.45, 7) is 3.48. The van der Waals surface area contributed by atoms with E-state index in [1.54, 1.807) is 32.2 Å². The summed E-state index contributed by atoms with van der Waals surface area (Å²) in [5.74, 6) is 1.69. The Morgan fingerprint density at radius 1 is 0.939 bits per heavy atom. The SMILES string of the molecule is CCS(=O)(=O)c1ccc(Nc2nc(Nc3ccccc3)c3cccc(OC)c3n2)c(C)c1.Cl. The van der Waals surface area contributed by atoms with Gasteiger partial charge in [0.2, 0.25) is 5.95 Å². The number of aromatic nitrogens is 2. The summed E-state index contributed by atoms with van der Waals surface area (Å²) in [6, 6.07) is 20.4. The minimum Gasteiger partial charge on any atom is -0.494 e. The van der Waals surface area contributed by atoms with Gasteiger partial charge in [0.1, 0.15) is 17.1 Å². The number of rotatable bonds is 7. The Morgan fingerprint density at radius 2 is 1.70 bits per heavy atom. The molecule has 0 unspecified atom stereocenters. The highest BCUT2D eigenvalue weighted by Crippen LogP contribution is 2.32. The normalized spacial score (nSPS) is 11.0. The van der Waals surface area contributed by atoms with Gasteiger partial charge in [-0.15, -0.1) is 12.4 Å². The van der Waals surface area contributed by atoms with Crippen molar-refractivity contribution in [3.8, 4) is 5.75 Å². The van der Waals surface area contributed by atoms with E-state index in [2.05, 4.69) is 20.6 Å². The highest BCUT2D eigenvalue weighted by molar-refractivity contribution is 7.91. The summed E-state index contributed by atoms with van der Waals surface area (Å²) >= 11 is 0. The van der Waals surface area contributed by atoms with Gasteiger partial charge in [0.25, 0.3) is 0 Å². The molecule has 4 rings (SSSR count). The molecule has 0 aliphatic heterocycles. The van der Waals surface area contributed by atoms with Gasteiger partial charge < -0.3 is 15.4 Å². The van der Waals surface area contributed by atoms with Crippen molar-refractivity contribution < 1.29 is 13.2 Å². The van der Waals surface area contributed by atoms with Crippen LogP contribution in [0.5, 0.6) is 5.75 Å². The molecule has 4 aromatic rings. The monoisotopic (exact) mass is 484 g/mol. The molecule has 0 saturated heterocycles. The molecule has 33 heavy (non-hydrogen) atoms. The number of halogens is 1. The van der Waals surface area contributed by atoms with Gasteiger partial charge >= 0.3 is 0 Å². The Morgan fingerprint density at radius 3 is 2.36 bits per heavy atom.